The number of methoxy groups -OCH3 is 1. The van der Waals surface area contributed by atoms with Crippen LogP contribution in [0.4, 0.5) is 0 Å². The Morgan fingerprint density at radius 2 is 1.84 bits per heavy atom. The van der Waals surface area contributed by atoms with Crippen LogP contribution in [0.1, 0.15) is 29.1 Å². The molecule has 1 atom stereocenters. The number of nitrogens with zero attached hydrogens (tertiary/aromatic N) is 4. The van der Waals surface area contributed by atoms with Gasteiger partial charge in [-0.15, -0.1) is 0 Å². The molecule has 0 fully saturated rings. The monoisotopic (exact) mass is 542 g/mol. The van der Waals surface area contributed by atoms with Gasteiger partial charge in [0.1, 0.15) is 12.4 Å². The van der Waals surface area contributed by atoms with Crippen molar-refractivity contribution in [3.8, 4) is 22.9 Å². The van der Waals surface area contributed by atoms with Crippen molar-refractivity contribution in [1.29, 1.82) is 0 Å². The van der Waals surface area contributed by atoms with Crippen molar-refractivity contribution in [2.45, 2.75) is 19.5 Å². The van der Waals surface area contributed by atoms with Crippen LogP contribution in [0.5, 0.6) is 11.5 Å². The second-order valence-electron chi connectivity index (χ2n) is 8.74. The quantitative estimate of drug-likeness (QED) is 0.503. The standard InChI is InChI=1S/C25H30N6O6S/c1-17-24-28-23(18-7-5-4-6-8-18)29-31(24)13-14-37-21-15-19(9-10-20(21)36-2)25(33)26-11-12-30(38(3,34)35)16-22(32)27-17/h4-10,15,17H,11-14,16H2,1-3H3,(H,26,33)(H,27,32)/t17-/m1/s1. The van der Waals surface area contributed by atoms with Crippen LogP contribution in [-0.4, -0.2) is 78.9 Å². The van der Waals surface area contributed by atoms with Crippen molar-refractivity contribution >= 4 is 21.8 Å². The molecule has 0 unspecified atom stereocenters. The molecule has 202 valence electrons. The predicted octanol–water partition coefficient (Wildman–Crippen LogP) is 1.21. The Labute approximate surface area is 221 Å². The highest BCUT2D eigenvalue weighted by molar-refractivity contribution is 7.88. The number of amides is 2. The summed E-state index contributed by atoms with van der Waals surface area (Å²) >= 11 is 0. The van der Waals surface area contributed by atoms with E-state index >= 15 is 0 Å². The normalized spacial score (nSPS) is 17.9. The smallest absolute Gasteiger partial charge is 0.251 e. The summed E-state index contributed by atoms with van der Waals surface area (Å²) in [6, 6.07) is 13.6. The summed E-state index contributed by atoms with van der Waals surface area (Å²) in [6.07, 6.45) is 1.02. The third kappa shape index (κ3) is 6.47. The van der Waals surface area contributed by atoms with Gasteiger partial charge in [0.05, 0.1) is 32.5 Å². The summed E-state index contributed by atoms with van der Waals surface area (Å²) in [5, 5.41) is 10.1. The predicted molar refractivity (Wildman–Crippen MR) is 139 cm³/mol. The zero-order chi connectivity index (χ0) is 27.3. The Morgan fingerprint density at radius 3 is 2.55 bits per heavy atom. The number of carbonyl (C=O) groups is 2. The van der Waals surface area contributed by atoms with Gasteiger partial charge in [0, 0.05) is 24.2 Å². The van der Waals surface area contributed by atoms with E-state index in [4.69, 9.17) is 9.47 Å². The van der Waals surface area contributed by atoms with E-state index in [9.17, 15) is 18.0 Å². The number of carbonyl (C=O) groups excluding carboxylic acids is 2. The van der Waals surface area contributed by atoms with Gasteiger partial charge in [-0.05, 0) is 25.1 Å². The molecule has 0 saturated heterocycles. The van der Waals surface area contributed by atoms with Gasteiger partial charge in [-0.3, -0.25) is 9.59 Å². The van der Waals surface area contributed by atoms with Gasteiger partial charge in [0.15, 0.2) is 17.3 Å². The molecule has 1 aromatic heterocycles. The lowest BCUT2D eigenvalue weighted by molar-refractivity contribution is -0.122. The summed E-state index contributed by atoms with van der Waals surface area (Å²) in [4.78, 5) is 30.2. The first-order valence-corrected chi connectivity index (χ1v) is 13.8. The molecule has 4 rings (SSSR count). The first-order valence-electron chi connectivity index (χ1n) is 12.0. The Kier molecular flexibility index (Phi) is 8.27. The molecule has 38 heavy (non-hydrogen) atoms. The molecule has 13 heteroatoms. The van der Waals surface area contributed by atoms with Crippen molar-refractivity contribution < 1.29 is 27.5 Å². The second-order valence-corrected chi connectivity index (χ2v) is 10.7. The maximum atomic E-state index is 12.8. The van der Waals surface area contributed by atoms with E-state index < -0.39 is 34.4 Å². The van der Waals surface area contributed by atoms with Crippen LogP contribution in [-0.2, 0) is 21.4 Å². The molecule has 3 aromatic rings. The molecule has 2 N–H and O–H groups in total. The fourth-order valence-electron chi connectivity index (χ4n) is 3.99. The summed E-state index contributed by atoms with van der Waals surface area (Å²) in [7, 11) is -2.22. The van der Waals surface area contributed by atoms with E-state index in [0.29, 0.717) is 28.7 Å². The van der Waals surface area contributed by atoms with Crippen LogP contribution in [0.15, 0.2) is 48.5 Å². The highest BCUT2D eigenvalue weighted by Gasteiger charge is 2.24. The average Bonchev–Trinajstić information content (AvgIpc) is 3.32. The first kappa shape index (κ1) is 27.1. The minimum absolute atomic E-state index is 0.00567. The summed E-state index contributed by atoms with van der Waals surface area (Å²) in [6.45, 7) is 1.72. The number of fused-ring (bicyclic) bond motifs is 3. The van der Waals surface area contributed by atoms with E-state index in [2.05, 4.69) is 20.7 Å². The van der Waals surface area contributed by atoms with Crippen LogP contribution in [0.25, 0.3) is 11.4 Å². The molecule has 1 aliphatic rings. The summed E-state index contributed by atoms with van der Waals surface area (Å²) in [5.74, 6) is 0.848. The van der Waals surface area contributed by atoms with Crippen molar-refractivity contribution in [1.82, 2.24) is 29.7 Å². The number of nitrogens with one attached hydrogen (secondary N) is 2. The van der Waals surface area contributed by atoms with Crippen LogP contribution in [0.3, 0.4) is 0 Å². The minimum atomic E-state index is -3.72. The molecule has 0 saturated carbocycles. The number of sulfonamides is 1. The fourth-order valence-corrected chi connectivity index (χ4v) is 4.77. The van der Waals surface area contributed by atoms with E-state index in [1.807, 2.05) is 30.3 Å². The van der Waals surface area contributed by atoms with Gasteiger partial charge in [0.25, 0.3) is 5.91 Å². The molecule has 0 spiro atoms. The lowest BCUT2D eigenvalue weighted by atomic mass is 10.2. The van der Waals surface area contributed by atoms with Crippen LogP contribution >= 0.6 is 0 Å². The maximum Gasteiger partial charge on any atom is 0.251 e. The highest BCUT2D eigenvalue weighted by atomic mass is 32.2. The Balaban J connectivity index is 1.70. The number of benzene rings is 2. The summed E-state index contributed by atoms with van der Waals surface area (Å²) < 4.78 is 38.7. The van der Waals surface area contributed by atoms with Gasteiger partial charge in [-0.25, -0.2) is 18.1 Å². The molecule has 12 nitrogen and oxygen atoms in total. The lowest BCUT2D eigenvalue weighted by Gasteiger charge is -2.21. The van der Waals surface area contributed by atoms with Crippen LogP contribution in [0.2, 0.25) is 0 Å². The van der Waals surface area contributed by atoms with Gasteiger partial charge in [-0.2, -0.15) is 9.40 Å². The second kappa shape index (κ2) is 11.6. The number of hydrogen-bond acceptors (Lipinski definition) is 8. The molecular formula is C25H30N6O6S. The third-order valence-electron chi connectivity index (χ3n) is 5.92. The van der Waals surface area contributed by atoms with Gasteiger partial charge in [-0.1, -0.05) is 30.3 Å². The fraction of sp³-hybridized carbons (Fsp3) is 0.360. The van der Waals surface area contributed by atoms with E-state index in [0.717, 1.165) is 16.1 Å². The Morgan fingerprint density at radius 1 is 1.08 bits per heavy atom. The molecule has 2 bridgehead atoms. The minimum Gasteiger partial charge on any atom is -0.493 e. The number of rotatable bonds is 3. The first-order chi connectivity index (χ1) is 18.2. The van der Waals surface area contributed by atoms with E-state index in [-0.39, 0.29) is 26.2 Å². The van der Waals surface area contributed by atoms with E-state index in [1.165, 1.54) is 7.11 Å². The van der Waals surface area contributed by atoms with Gasteiger partial charge in [0.2, 0.25) is 15.9 Å². The third-order valence-corrected chi connectivity index (χ3v) is 7.17. The maximum absolute atomic E-state index is 12.8. The summed E-state index contributed by atoms with van der Waals surface area (Å²) in [5.41, 5.74) is 1.12. The zero-order valence-corrected chi connectivity index (χ0v) is 22.2. The average molecular weight is 543 g/mol. The van der Waals surface area contributed by atoms with E-state index in [1.54, 1.807) is 29.8 Å². The molecule has 0 radical (unpaired) electrons. The Hall–Kier alpha value is -3.97. The largest absolute Gasteiger partial charge is 0.493 e. The lowest BCUT2D eigenvalue weighted by Crippen LogP contribution is -2.44. The van der Waals surface area contributed by atoms with Gasteiger partial charge < -0.3 is 20.1 Å². The number of aromatic nitrogens is 3. The van der Waals surface area contributed by atoms with Crippen LogP contribution < -0.4 is 20.1 Å². The highest BCUT2D eigenvalue weighted by Crippen LogP contribution is 2.28. The van der Waals surface area contributed by atoms with Crippen molar-refractivity contribution in [2.75, 3.05) is 39.6 Å². The molecular weight excluding hydrogens is 512 g/mol. The zero-order valence-electron chi connectivity index (χ0n) is 21.4. The topological polar surface area (TPSA) is 145 Å². The molecule has 2 amide bonds. The SMILES string of the molecule is COc1ccc2cc1OCCn1nc(-c3ccccc3)nc1[C@@H](C)NC(=O)CN(S(C)(=O)=O)CCNC2=O. The molecule has 2 aromatic carbocycles. The Bertz CT molecular complexity index is 1410. The number of hydrogen-bond donors (Lipinski definition) is 2. The van der Waals surface area contributed by atoms with Crippen molar-refractivity contribution in [2.24, 2.45) is 0 Å². The molecule has 2 heterocycles. The van der Waals surface area contributed by atoms with Crippen molar-refractivity contribution in [3.05, 3.63) is 59.9 Å². The van der Waals surface area contributed by atoms with Crippen LogP contribution in [0, 0.1) is 0 Å². The van der Waals surface area contributed by atoms with Gasteiger partial charge >= 0.3 is 0 Å². The van der Waals surface area contributed by atoms with Crippen molar-refractivity contribution in [3.63, 3.8) is 0 Å². The molecule has 0 aliphatic carbocycles. The number of ether oxygens (including phenoxy) is 2. The molecule has 1 aliphatic heterocycles.